The molecule has 1 atom stereocenters. The number of rotatable bonds is 8. The van der Waals surface area contributed by atoms with Crippen molar-refractivity contribution in [3.8, 4) is 0 Å². The van der Waals surface area contributed by atoms with Gasteiger partial charge >= 0.3 is 0 Å². The van der Waals surface area contributed by atoms with Crippen LogP contribution in [0, 0.1) is 0 Å². The van der Waals surface area contributed by atoms with Gasteiger partial charge in [0, 0.05) is 44.2 Å². The molecule has 1 aliphatic carbocycles. The molecule has 1 unspecified atom stereocenters. The molecule has 0 amide bonds. The fraction of sp³-hybridized carbons (Fsp3) is 0.714. The zero-order chi connectivity index (χ0) is 13.7. The van der Waals surface area contributed by atoms with E-state index in [9.17, 15) is 0 Å². The number of ether oxygens (including phenoxy) is 1. The quantitative estimate of drug-likeness (QED) is 0.772. The molecule has 1 saturated carbocycles. The first kappa shape index (κ1) is 14.2. The van der Waals surface area contributed by atoms with Gasteiger partial charge in [0.05, 0.1) is 12.6 Å². The highest BCUT2D eigenvalue weighted by atomic mass is 16.5. The number of nitrogens with zero attached hydrogens (tertiary/aromatic N) is 3. The predicted octanol–water partition coefficient (Wildman–Crippen LogP) is 1.59. The molecule has 1 aliphatic rings. The monoisotopic (exact) mass is 264 g/mol. The smallest absolute Gasteiger partial charge is 0.225 e. The van der Waals surface area contributed by atoms with Gasteiger partial charge < -0.3 is 15.0 Å². The maximum Gasteiger partial charge on any atom is 0.225 e. The van der Waals surface area contributed by atoms with E-state index < -0.39 is 0 Å². The average molecular weight is 264 g/mol. The second kappa shape index (κ2) is 6.82. The molecule has 0 aromatic carbocycles. The van der Waals surface area contributed by atoms with Crippen LogP contribution in [0.25, 0.3) is 0 Å². The second-order valence-electron chi connectivity index (χ2n) is 5.14. The van der Waals surface area contributed by atoms with E-state index >= 15 is 0 Å². The first-order chi connectivity index (χ1) is 9.24. The van der Waals surface area contributed by atoms with Crippen molar-refractivity contribution in [3.05, 3.63) is 18.0 Å². The summed E-state index contributed by atoms with van der Waals surface area (Å²) in [4.78, 5) is 11.1. The van der Waals surface area contributed by atoms with Crippen LogP contribution >= 0.6 is 0 Å². The molecular weight excluding hydrogens is 240 g/mol. The van der Waals surface area contributed by atoms with Crippen LogP contribution in [0.3, 0.4) is 0 Å². The molecule has 5 heteroatoms. The molecule has 19 heavy (non-hydrogen) atoms. The molecule has 1 aromatic heterocycles. The van der Waals surface area contributed by atoms with Gasteiger partial charge in [0.2, 0.25) is 5.95 Å². The molecular formula is C14H24N4O. The van der Waals surface area contributed by atoms with Crippen LogP contribution in [-0.4, -0.2) is 42.3 Å². The molecule has 2 rings (SSSR count). The van der Waals surface area contributed by atoms with Gasteiger partial charge in [0.1, 0.15) is 0 Å². The summed E-state index contributed by atoms with van der Waals surface area (Å²) in [5.41, 5.74) is 1.14. The number of hydrogen-bond donors (Lipinski definition) is 1. The van der Waals surface area contributed by atoms with Crippen molar-refractivity contribution in [1.82, 2.24) is 15.3 Å². The van der Waals surface area contributed by atoms with Crippen molar-refractivity contribution >= 4 is 5.95 Å². The Morgan fingerprint density at radius 3 is 2.63 bits per heavy atom. The van der Waals surface area contributed by atoms with E-state index in [2.05, 4.69) is 34.0 Å². The average Bonchev–Trinajstić information content (AvgIpc) is 3.23. The van der Waals surface area contributed by atoms with Crippen molar-refractivity contribution in [2.45, 2.75) is 45.3 Å². The number of methoxy groups -OCH3 is 1. The Labute approximate surface area is 115 Å². The molecule has 106 valence electrons. The Hall–Kier alpha value is -1.20. The van der Waals surface area contributed by atoms with E-state index in [4.69, 9.17) is 4.74 Å². The van der Waals surface area contributed by atoms with Gasteiger partial charge in [0.25, 0.3) is 0 Å². The Morgan fingerprint density at radius 2 is 2.11 bits per heavy atom. The van der Waals surface area contributed by atoms with Crippen LogP contribution in [-0.2, 0) is 11.3 Å². The maximum atomic E-state index is 5.20. The highest BCUT2D eigenvalue weighted by Gasteiger charge is 2.20. The SMILES string of the molecule is CCN(c1ncc(CNC2CC2)cn1)C(C)COC. The molecule has 1 heterocycles. The van der Waals surface area contributed by atoms with Crippen molar-refractivity contribution in [3.63, 3.8) is 0 Å². The molecule has 0 saturated heterocycles. The number of likely N-dealkylation sites (N-methyl/N-ethyl adjacent to an activating group) is 1. The Balaban J connectivity index is 1.94. The van der Waals surface area contributed by atoms with Gasteiger partial charge in [-0.1, -0.05) is 0 Å². The van der Waals surface area contributed by atoms with E-state index in [1.165, 1.54) is 12.8 Å². The Kier molecular flexibility index (Phi) is 5.10. The topological polar surface area (TPSA) is 50.3 Å². The van der Waals surface area contributed by atoms with Crippen LogP contribution in [0.1, 0.15) is 32.3 Å². The van der Waals surface area contributed by atoms with E-state index in [0.29, 0.717) is 12.6 Å². The van der Waals surface area contributed by atoms with Crippen LogP contribution in [0.2, 0.25) is 0 Å². The minimum absolute atomic E-state index is 0.283. The maximum absolute atomic E-state index is 5.20. The summed E-state index contributed by atoms with van der Waals surface area (Å²) in [6.07, 6.45) is 6.44. The van der Waals surface area contributed by atoms with E-state index in [0.717, 1.165) is 24.6 Å². The molecule has 1 aromatic rings. The lowest BCUT2D eigenvalue weighted by Gasteiger charge is -2.27. The largest absolute Gasteiger partial charge is 0.383 e. The standard InChI is InChI=1S/C14H24N4O/c1-4-18(11(2)10-19-3)14-16-8-12(9-17-14)7-15-13-5-6-13/h8-9,11,13,15H,4-7,10H2,1-3H3. The zero-order valence-electron chi connectivity index (χ0n) is 12.1. The lowest BCUT2D eigenvalue weighted by Crippen LogP contribution is -2.37. The lowest BCUT2D eigenvalue weighted by molar-refractivity contribution is 0.181. The van der Waals surface area contributed by atoms with Gasteiger partial charge in [-0.05, 0) is 26.7 Å². The minimum Gasteiger partial charge on any atom is -0.383 e. The van der Waals surface area contributed by atoms with Gasteiger partial charge in [0.15, 0.2) is 0 Å². The highest BCUT2D eigenvalue weighted by Crippen LogP contribution is 2.19. The molecule has 0 radical (unpaired) electrons. The molecule has 5 nitrogen and oxygen atoms in total. The minimum atomic E-state index is 0.283. The van der Waals surface area contributed by atoms with Gasteiger partial charge in [-0.25, -0.2) is 9.97 Å². The summed E-state index contributed by atoms with van der Waals surface area (Å²) in [6, 6.07) is 0.999. The fourth-order valence-electron chi connectivity index (χ4n) is 2.12. The summed E-state index contributed by atoms with van der Waals surface area (Å²) in [6.45, 7) is 6.66. The lowest BCUT2D eigenvalue weighted by atomic mass is 10.3. The van der Waals surface area contributed by atoms with Gasteiger partial charge in [-0.3, -0.25) is 0 Å². The predicted molar refractivity (Wildman–Crippen MR) is 76.3 cm³/mol. The summed E-state index contributed by atoms with van der Waals surface area (Å²) in [5, 5.41) is 3.47. The van der Waals surface area contributed by atoms with Gasteiger partial charge in [-0.2, -0.15) is 0 Å². The van der Waals surface area contributed by atoms with Crippen LogP contribution in [0.4, 0.5) is 5.95 Å². The molecule has 0 bridgehead atoms. The number of anilines is 1. The van der Waals surface area contributed by atoms with Crippen molar-refractivity contribution in [1.29, 1.82) is 0 Å². The summed E-state index contributed by atoms with van der Waals surface area (Å²) in [7, 11) is 1.72. The third kappa shape index (κ3) is 4.14. The first-order valence-corrected chi connectivity index (χ1v) is 7.04. The Morgan fingerprint density at radius 1 is 1.42 bits per heavy atom. The first-order valence-electron chi connectivity index (χ1n) is 7.04. The van der Waals surface area contributed by atoms with Crippen LogP contribution < -0.4 is 10.2 Å². The van der Waals surface area contributed by atoms with Gasteiger partial charge in [-0.15, -0.1) is 0 Å². The summed E-state index contributed by atoms with van der Waals surface area (Å²) >= 11 is 0. The van der Waals surface area contributed by atoms with Crippen molar-refractivity contribution in [2.75, 3.05) is 25.2 Å². The second-order valence-corrected chi connectivity index (χ2v) is 5.14. The van der Waals surface area contributed by atoms with E-state index in [-0.39, 0.29) is 6.04 Å². The number of hydrogen-bond acceptors (Lipinski definition) is 5. The summed E-state index contributed by atoms with van der Waals surface area (Å²) < 4.78 is 5.20. The molecule has 0 aliphatic heterocycles. The highest BCUT2D eigenvalue weighted by molar-refractivity contribution is 5.31. The molecule has 1 fully saturated rings. The molecule has 1 N–H and O–H groups in total. The van der Waals surface area contributed by atoms with E-state index in [1.54, 1.807) is 7.11 Å². The van der Waals surface area contributed by atoms with E-state index in [1.807, 2.05) is 12.4 Å². The molecule has 0 spiro atoms. The number of aromatic nitrogens is 2. The summed E-state index contributed by atoms with van der Waals surface area (Å²) in [5.74, 6) is 0.780. The third-order valence-electron chi connectivity index (χ3n) is 3.40. The third-order valence-corrected chi connectivity index (χ3v) is 3.40. The van der Waals surface area contributed by atoms with Crippen LogP contribution in [0.5, 0.6) is 0 Å². The van der Waals surface area contributed by atoms with Crippen molar-refractivity contribution < 1.29 is 4.74 Å². The Bertz CT molecular complexity index is 378. The number of nitrogens with one attached hydrogen (secondary N) is 1. The van der Waals surface area contributed by atoms with Crippen molar-refractivity contribution in [2.24, 2.45) is 0 Å². The normalized spacial score (nSPS) is 16.4. The zero-order valence-corrected chi connectivity index (χ0v) is 12.1. The fourth-order valence-corrected chi connectivity index (χ4v) is 2.12. The van der Waals surface area contributed by atoms with Crippen LogP contribution in [0.15, 0.2) is 12.4 Å².